The molecule has 0 saturated heterocycles. The molecule has 0 aliphatic heterocycles. The Bertz CT molecular complexity index is 1530. The summed E-state index contributed by atoms with van der Waals surface area (Å²) in [6.45, 7) is 7.80. The second kappa shape index (κ2) is 12.9. The molecule has 0 spiro atoms. The van der Waals surface area contributed by atoms with Gasteiger partial charge in [-0.1, -0.05) is 73.7 Å². The average molecular weight is 577 g/mol. The van der Waals surface area contributed by atoms with E-state index in [0.717, 1.165) is 11.6 Å². The zero-order chi connectivity index (χ0) is 28.7. The predicted octanol–water partition coefficient (Wildman–Crippen LogP) is 7.36. The third-order valence-corrected chi connectivity index (χ3v) is 8.23. The fourth-order valence-corrected chi connectivity index (χ4v) is 4.95. The lowest BCUT2D eigenvalue weighted by atomic mass is 9.93. The van der Waals surface area contributed by atoms with Gasteiger partial charge in [0.1, 0.15) is 24.9 Å². The van der Waals surface area contributed by atoms with Crippen LogP contribution in [0, 0.1) is 17.1 Å². The minimum atomic E-state index is -1.26. The Balaban J connectivity index is 1.71. The van der Waals surface area contributed by atoms with Gasteiger partial charge >= 0.3 is 0 Å². The van der Waals surface area contributed by atoms with Crippen LogP contribution >= 0.6 is 11.6 Å². The molecule has 40 heavy (non-hydrogen) atoms. The van der Waals surface area contributed by atoms with Crippen molar-refractivity contribution in [1.29, 1.82) is 5.26 Å². The van der Waals surface area contributed by atoms with Crippen molar-refractivity contribution in [2.45, 2.75) is 39.0 Å². The van der Waals surface area contributed by atoms with Gasteiger partial charge in [0.05, 0.1) is 22.2 Å². The third-order valence-electron chi connectivity index (χ3n) is 6.14. The summed E-state index contributed by atoms with van der Waals surface area (Å²) in [7, 11) is -1.26. The molecule has 10 heteroatoms. The monoisotopic (exact) mass is 576 g/mol. The Labute approximate surface area is 239 Å². The molecule has 7 nitrogen and oxygen atoms in total. The van der Waals surface area contributed by atoms with Gasteiger partial charge in [0, 0.05) is 38.2 Å². The summed E-state index contributed by atoms with van der Waals surface area (Å²) in [5.74, 6) is -0.799. The molecule has 4 rings (SSSR count). The van der Waals surface area contributed by atoms with Gasteiger partial charge in [0.15, 0.2) is 0 Å². The number of rotatable bonds is 11. The van der Waals surface area contributed by atoms with Crippen molar-refractivity contribution in [2.75, 3.05) is 11.9 Å². The number of halogens is 2. The Hall–Kier alpha value is -3.97. The lowest BCUT2D eigenvalue weighted by Gasteiger charge is -2.19. The van der Waals surface area contributed by atoms with Gasteiger partial charge in [-0.05, 0) is 29.8 Å². The lowest BCUT2D eigenvalue weighted by Crippen LogP contribution is -2.22. The van der Waals surface area contributed by atoms with Gasteiger partial charge in [0.25, 0.3) is 5.91 Å². The van der Waals surface area contributed by atoms with Crippen molar-refractivity contribution in [3.05, 3.63) is 101 Å². The molecule has 1 aromatic heterocycles. The van der Waals surface area contributed by atoms with Crippen molar-refractivity contribution in [1.82, 2.24) is 9.55 Å². The van der Waals surface area contributed by atoms with Gasteiger partial charge in [-0.3, -0.25) is 14.7 Å². The molecule has 0 saturated carbocycles. The highest BCUT2D eigenvalue weighted by Gasteiger charge is 2.26. The number of nitrogens with one attached hydrogen (secondary N) is 1. The first-order valence-electron chi connectivity index (χ1n) is 12.8. The number of carbonyl (C=O) groups excluding carboxylic acids is 1. The number of hydrogen-bond acceptors (Lipinski definition) is 5. The Kier molecular flexibility index (Phi) is 9.37. The maximum atomic E-state index is 14.5. The van der Waals surface area contributed by atoms with Crippen LogP contribution in [-0.4, -0.2) is 30.1 Å². The van der Waals surface area contributed by atoms with E-state index in [1.807, 2.05) is 30.3 Å². The molecule has 206 valence electrons. The molecule has 1 heterocycles. The number of nitriles is 1. The van der Waals surface area contributed by atoms with Gasteiger partial charge in [0.2, 0.25) is 5.95 Å². The molecule has 3 aromatic carbocycles. The normalized spacial score (nSPS) is 11.2. The Morgan fingerprint density at radius 3 is 2.62 bits per heavy atom. The van der Waals surface area contributed by atoms with Crippen molar-refractivity contribution >= 4 is 31.5 Å². The SMILES string of the molecule is C[Si](C)(C)CCOCn1ccnc1NC(=O)c1c(OCc2ccccc2)ccc(C#N)c1-c1cccc(F)c1Cl. The highest BCUT2D eigenvalue weighted by atomic mass is 35.5. The minimum absolute atomic E-state index is 0.0386. The first-order chi connectivity index (χ1) is 19.2. The molecule has 1 N–H and O–H groups in total. The van der Waals surface area contributed by atoms with Crippen LogP contribution < -0.4 is 10.1 Å². The topological polar surface area (TPSA) is 89.2 Å². The van der Waals surface area contributed by atoms with Crippen molar-refractivity contribution in [3.8, 4) is 22.9 Å². The number of aromatic nitrogens is 2. The molecule has 0 radical (unpaired) electrons. The molecule has 0 atom stereocenters. The number of carbonyl (C=O) groups is 1. The summed E-state index contributed by atoms with van der Waals surface area (Å²) in [6, 6.07) is 19.9. The summed E-state index contributed by atoms with van der Waals surface area (Å²) in [6.07, 6.45) is 3.26. The second-order valence-electron chi connectivity index (χ2n) is 10.4. The number of nitrogens with zero attached hydrogens (tertiary/aromatic N) is 3. The van der Waals surface area contributed by atoms with E-state index in [1.165, 1.54) is 18.2 Å². The number of hydrogen-bond donors (Lipinski definition) is 1. The summed E-state index contributed by atoms with van der Waals surface area (Å²) >= 11 is 6.34. The number of imidazole rings is 1. The molecule has 0 bridgehead atoms. The van der Waals surface area contributed by atoms with Crippen LogP contribution in [0.25, 0.3) is 11.1 Å². The molecule has 0 aliphatic rings. The quantitative estimate of drug-likeness (QED) is 0.149. The second-order valence-corrected chi connectivity index (χ2v) is 16.4. The molecule has 0 fully saturated rings. The van der Waals surface area contributed by atoms with Crippen LogP contribution in [0.5, 0.6) is 5.75 Å². The van der Waals surface area contributed by atoms with Crippen LogP contribution in [0.15, 0.2) is 73.1 Å². The lowest BCUT2D eigenvalue weighted by molar-refractivity contribution is 0.0879. The van der Waals surface area contributed by atoms with Crippen LogP contribution in [0.1, 0.15) is 21.5 Å². The zero-order valence-corrected chi connectivity index (χ0v) is 24.3. The largest absolute Gasteiger partial charge is 0.488 e. The predicted molar refractivity (Wildman–Crippen MR) is 157 cm³/mol. The van der Waals surface area contributed by atoms with Gasteiger partial charge in [-0.25, -0.2) is 9.37 Å². The molecule has 0 aliphatic carbocycles. The Morgan fingerprint density at radius 2 is 1.90 bits per heavy atom. The van der Waals surface area contributed by atoms with Gasteiger partial charge < -0.3 is 9.47 Å². The fourth-order valence-electron chi connectivity index (χ4n) is 3.98. The van der Waals surface area contributed by atoms with E-state index < -0.39 is 19.8 Å². The van der Waals surface area contributed by atoms with E-state index in [0.29, 0.717) is 6.61 Å². The first kappa shape index (κ1) is 29.0. The highest BCUT2D eigenvalue weighted by molar-refractivity contribution is 6.76. The number of benzene rings is 3. The van der Waals surface area contributed by atoms with E-state index >= 15 is 0 Å². The molecular formula is C30H30ClFN4O3Si. The van der Waals surface area contributed by atoms with Crippen molar-refractivity contribution in [2.24, 2.45) is 0 Å². The van der Waals surface area contributed by atoms with Gasteiger partial charge in [-0.15, -0.1) is 0 Å². The molecule has 1 amide bonds. The zero-order valence-electron chi connectivity index (χ0n) is 22.6. The van der Waals surface area contributed by atoms with Crippen LogP contribution in [0.2, 0.25) is 30.7 Å². The van der Waals surface area contributed by atoms with Gasteiger partial charge in [-0.2, -0.15) is 5.26 Å². The third kappa shape index (κ3) is 7.15. The first-order valence-corrected chi connectivity index (χ1v) is 16.8. The average Bonchev–Trinajstić information content (AvgIpc) is 3.37. The van der Waals surface area contributed by atoms with E-state index in [-0.39, 0.29) is 52.3 Å². The highest BCUT2D eigenvalue weighted by Crippen LogP contribution is 2.39. The van der Waals surface area contributed by atoms with Crippen LogP contribution in [0.4, 0.5) is 10.3 Å². The molecule has 0 unspecified atom stereocenters. The Morgan fingerprint density at radius 1 is 1.12 bits per heavy atom. The van der Waals surface area contributed by atoms with E-state index in [1.54, 1.807) is 29.1 Å². The van der Waals surface area contributed by atoms with Crippen molar-refractivity contribution in [3.63, 3.8) is 0 Å². The fraction of sp³-hybridized carbons (Fsp3) is 0.233. The van der Waals surface area contributed by atoms with E-state index in [2.05, 4.69) is 36.0 Å². The summed E-state index contributed by atoms with van der Waals surface area (Å²) in [5, 5.41) is 12.5. The minimum Gasteiger partial charge on any atom is -0.488 e. The summed E-state index contributed by atoms with van der Waals surface area (Å²) in [5.41, 5.74) is 1.43. The van der Waals surface area contributed by atoms with Crippen molar-refractivity contribution < 1.29 is 18.7 Å². The smallest absolute Gasteiger partial charge is 0.262 e. The maximum absolute atomic E-state index is 14.5. The number of ether oxygens (including phenoxy) is 2. The maximum Gasteiger partial charge on any atom is 0.262 e. The van der Waals surface area contributed by atoms with E-state index in [4.69, 9.17) is 21.1 Å². The van der Waals surface area contributed by atoms with E-state index in [9.17, 15) is 14.4 Å². The number of amides is 1. The summed E-state index contributed by atoms with van der Waals surface area (Å²) in [4.78, 5) is 18.2. The number of anilines is 1. The standard InChI is InChI=1S/C30H30ClFN4O3Si/c1-40(2,3)17-16-38-20-36-15-14-34-30(36)35-29(37)27-25(39-19-21-8-5-4-6-9-21)13-12-22(18-33)26(27)23-10-7-11-24(32)28(23)31/h4-15H,16-17,19-20H2,1-3H3,(H,34,35,37). The molecular weight excluding hydrogens is 547 g/mol. The molecule has 4 aromatic rings. The van der Waals surface area contributed by atoms with Crippen LogP contribution in [-0.2, 0) is 18.1 Å². The van der Waals surface area contributed by atoms with Crippen LogP contribution in [0.3, 0.4) is 0 Å². The summed E-state index contributed by atoms with van der Waals surface area (Å²) < 4.78 is 28.1.